The van der Waals surface area contributed by atoms with Crippen molar-refractivity contribution in [3.8, 4) is 0 Å². The van der Waals surface area contributed by atoms with E-state index in [-0.39, 0.29) is 0 Å². The van der Waals surface area contributed by atoms with Crippen molar-refractivity contribution in [2.75, 3.05) is 46.8 Å². The third-order valence-corrected chi connectivity index (χ3v) is 3.76. The van der Waals surface area contributed by atoms with Gasteiger partial charge in [-0.15, -0.1) is 0 Å². The maximum atomic E-state index is 3.54. The molecule has 0 aromatic carbocycles. The molecule has 1 saturated heterocycles. The van der Waals surface area contributed by atoms with Crippen LogP contribution >= 0.6 is 0 Å². The molecular weight excluding hydrogens is 210 g/mol. The maximum absolute atomic E-state index is 3.54. The van der Waals surface area contributed by atoms with Gasteiger partial charge in [0.2, 0.25) is 0 Å². The van der Waals surface area contributed by atoms with Crippen molar-refractivity contribution in [2.24, 2.45) is 5.92 Å². The molecule has 1 heterocycles. The van der Waals surface area contributed by atoms with E-state index in [1.165, 1.54) is 38.9 Å². The summed E-state index contributed by atoms with van der Waals surface area (Å²) in [6.45, 7) is 10.5. The number of likely N-dealkylation sites (N-methyl/N-ethyl adjacent to an activating group) is 2. The largest absolute Gasteiger partial charge is 0.315 e. The Morgan fingerprint density at radius 3 is 2.76 bits per heavy atom. The van der Waals surface area contributed by atoms with Gasteiger partial charge in [0.1, 0.15) is 0 Å². The topological polar surface area (TPSA) is 18.5 Å². The van der Waals surface area contributed by atoms with Gasteiger partial charge >= 0.3 is 0 Å². The van der Waals surface area contributed by atoms with E-state index in [1.54, 1.807) is 0 Å². The lowest BCUT2D eigenvalue weighted by atomic mass is 10.1. The van der Waals surface area contributed by atoms with Crippen molar-refractivity contribution < 1.29 is 0 Å². The van der Waals surface area contributed by atoms with E-state index in [1.807, 2.05) is 0 Å². The number of nitrogens with one attached hydrogen (secondary N) is 1. The molecule has 3 nitrogen and oxygen atoms in total. The molecule has 0 bridgehead atoms. The zero-order chi connectivity index (χ0) is 12.7. The fraction of sp³-hybridized carbons (Fsp3) is 1.00. The minimum absolute atomic E-state index is 0.764. The highest BCUT2D eigenvalue weighted by atomic mass is 15.2. The van der Waals surface area contributed by atoms with Crippen molar-refractivity contribution in [1.82, 2.24) is 15.1 Å². The van der Waals surface area contributed by atoms with Gasteiger partial charge in [-0.2, -0.15) is 0 Å². The summed E-state index contributed by atoms with van der Waals surface area (Å²) >= 11 is 0. The minimum Gasteiger partial charge on any atom is -0.315 e. The lowest BCUT2D eigenvalue weighted by Gasteiger charge is -2.35. The van der Waals surface area contributed by atoms with Gasteiger partial charge in [-0.25, -0.2) is 0 Å². The Morgan fingerprint density at radius 1 is 1.35 bits per heavy atom. The highest BCUT2D eigenvalue weighted by molar-refractivity contribution is 4.77. The SMILES string of the molecule is CC(C)CCNCCN(C)C1CCCN(C)C1. The Hall–Kier alpha value is -0.120. The molecule has 0 aliphatic carbocycles. The van der Waals surface area contributed by atoms with E-state index in [9.17, 15) is 0 Å². The summed E-state index contributed by atoms with van der Waals surface area (Å²) < 4.78 is 0. The first kappa shape index (κ1) is 14.9. The number of likely N-dealkylation sites (tertiary alicyclic amines) is 1. The second-order valence-corrected chi connectivity index (χ2v) is 5.97. The normalized spacial score (nSPS) is 22.6. The van der Waals surface area contributed by atoms with Gasteiger partial charge in [-0.05, 0) is 52.4 Å². The van der Waals surface area contributed by atoms with Crippen LogP contribution in [-0.4, -0.2) is 62.7 Å². The molecule has 0 amide bonds. The van der Waals surface area contributed by atoms with Gasteiger partial charge in [0.15, 0.2) is 0 Å². The molecule has 1 aliphatic heterocycles. The van der Waals surface area contributed by atoms with Gasteiger partial charge in [0.05, 0.1) is 0 Å². The first-order valence-corrected chi connectivity index (χ1v) is 7.19. The molecule has 102 valence electrons. The fourth-order valence-electron chi connectivity index (χ4n) is 2.45. The summed E-state index contributed by atoms with van der Waals surface area (Å²) in [7, 11) is 4.51. The number of piperidine rings is 1. The van der Waals surface area contributed by atoms with Crippen LogP contribution in [0, 0.1) is 5.92 Å². The fourth-order valence-corrected chi connectivity index (χ4v) is 2.45. The summed E-state index contributed by atoms with van der Waals surface area (Å²) in [6.07, 6.45) is 4.01. The Kier molecular flexibility index (Phi) is 7.09. The van der Waals surface area contributed by atoms with Gasteiger partial charge in [-0.1, -0.05) is 13.8 Å². The molecule has 0 saturated carbocycles. The van der Waals surface area contributed by atoms with E-state index in [0.29, 0.717) is 0 Å². The number of nitrogens with zero attached hydrogens (tertiary/aromatic N) is 2. The molecule has 17 heavy (non-hydrogen) atoms. The van der Waals surface area contributed by atoms with Crippen molar-refractivity contribution >= 4 is 0 Å². The zero-order valence-corrected chi connectivity index (χ0v) is 12.2. The highest BCUT2D eigenvalue weighted by Crippen LogP contribution is 2.12. The van der Waals surface area contributed by atoms with Crippen LogP contribution in [0.5, 0.6) is 0 Å². The predicted octanol–water partition coefficient (Wildman–Crippen LogP) is 1.65. The average molecular weight is 241 g/mol. The molecule has 1 rings (SSSR count). The highest BCUT2D eigenvalue weighted by Gasteiger charge is 2.20. The third kappa shape index (κ3) is 6.39. The molecule has 1 aliphatic rings. The Labute approximate surface area is 108 Å². The van der Waals surface area contributed by atoms with Gasteiger partial charge in [0, 0.05) is 25.7 Å². The zero-order valence-electron chi connectivity index (χ0n) is 12.2. The molecule has 0 spiro atoms. The predicted molar refractivity (Wildman–Crippen MR) is 75.5 cm³/mol. The van der Waals surface area contributed by atoms with E-state index < -0.39 is 0 Å². The van der Waals surface area contributed by atoms with Crippen LogP contribution in [0.2, 0.25) is 0 Å². The Bertz CT molecular complexity index is 194. The molecule has 1 atom stereocenters. The van der Waals surface area contributed by atoms with Crippen molar-refractivity contribution in [2.45, 2.75) is 39.2 Å². The van der Waals surface area contributed by atoms with Crippen LogP contribution in [0.1, 0.15) is 33.1 Å². The quantitative estimate of drug-likeness (QED) is 0.684. The van der Waals surface area contributed by atoms with Gasteiger partial charge < -0.3 is 15.1 Å². The van der Waals surface area contributed by atoms with Crippen LogP contribution in [-0.2, 0) is 0 Å². The van der Waals surface area contributed by atoms with Crippen LogP contribution in [0.3, 0.4) is 0 Å². The summed E-state index contributed by atoms with van der Waals surface area (Å²) in [6, 6.07) is 0.764. The van der Waals surface area contributed by atoms with Crippen molar-refractivity contribution in [3.05, 3.63) is 0 Å². The van der Waals surface area contributed by atoms with Crippen molar-refractivity contribution in [3.63, 3.8) is 0 Å². The maximum Gasteiger partial charge on any atom is 0.0221 e. The monoisotopic (exact) mass is 241 g/mol. The van der Waals surface area contributed by atoms with Gasteiger partial charge in [-0.3, -0.25) is 0 Å². The molecule has 1 N–H and O–H groups in total. The van der Waals surface area contributed by atoms with E-state index in [0.717, 1.165) is 25.0 Å². The van der Waals surface area contributed by atoms with Gasteiger partial charge in [0.25, 0.3) is 0 Å². The standard InChI is InChI=1S/C14H31N3/c1-13(2)7-8-15-9-11-17(4)14-6-5-10-16(3)12-14/h13-15H,5-12H2,1-4H3. The van der Waals surface area contributed by atoms with Crippen molar-refractivity contribution in [1.29, 1.82) is 0 Å². The molecule has 0 aromatic heterocycles. The van der Waals surface area contributed by atoms with Crippen LogP contribution < -0.4 is 5.32 Å². The molecule has 1 fully saturated rings. The molecular formula is C14H31N3. The molecule has 1 unspecified atom stereocenters. The average Bonchev–Trinajstić information content (AvgIpc) is 2.28. The summed E-state index contributed by atoms with van der Waals surface area (Å²) in [5.74, 6) is 0.812. The minimum atomic E-state index is 0.764. The summed E-state index contributed by atoms with van der Waals surface area (Å²) in [4.78, 5) is 4.98. The first-order chi connectivity index (χ1) is 8.09. The second-order valence-electron chi connectivity index (χ2n) is 5.97. The smallest absolute Gasteiger partial charge is 0.0221 e. The van der Waals surface area contributed by atoms with E-state index in [2.05, 4.69) is 43.1 Å². The van der Waals surface area contributed by atoms with E-state index >= 15 is 0 Å². The lowest BCUT2D eigenvalue weighted by molar-refractivity contribution is 0.135. The molecule has 0 aromatic rings. The first-order valence-electron chi connectivity index (χ1n) is 7.19. The number of hydrogen-bond acceptors (Lipinski definition) is 3. The third-order valence-electron chi connectivity index (χ3n) is 3.76. The lowest BCUT2D eigenvalue weighted by Crippen LogP contribution is -2.46. The Balaban J connectivity index is 2.05. The van der Waals surface area contributed by atoms with Crippen LogP contribution in [0.15, 0.2) is 0 Å². The van der Waals surface area contributed by atoms with Crippen LogP contribution in [0.25, 0.3) is 0 Å². The number of rotatable bonds is 7. The second kappa shape index (κ2) is 8.06. The Morgan fingerprint density at radius 2 is 2.12 bits per heavy atom. The van der Waals surface area contributed by atoms with E-state index in [4.69, 9.17) is 0 Å². The molecule has 3 heteroatoms. The molecule has 0 radical (unpaired) electrons. The van der Waals surface area contributed by atoms with Crippen LogP contribution in [0.4, 0.5) is 0 Å². The number of hydrogen-bond donors (Lipinski definition) is 1. The summed E-state index contributed by atoms with van der Waals surface area (Å²) in [5.41, 5.74) is 0. The summed E-state index contributed by atoms with van der Waals surface area (Å²) in [5, 5.41) is 3.54.